The highest BCUT2D eigenvalue weighted by molar-refractivity contribution is 7.99. The summed E-state index contributed by atoms with van der Waals surface area (Å²) in [5.74, 6) is 0.745. The van der Waals surface area contributed by atoms with E-state index in [2.05, 4.69) is 39.3 Å². The predicted molar refractivity (Wildman–Crippen MR) is 59.9 cm³/mol. The fourth-order valence-corrected chi connectivity index (χ4v) is 1.22. The molecule has 0 aromatic rings. The molecule has 0 spiro atoms. The third kappa shape index (κ3) is 5.90. The summed E-state index contributed by atoms with van der Waals surface area (Å²) in [6.45, 7) is 10.2. The Labute approximate surface area is 81.7 Å². The van der Waals surface area contributed by atoms with Crippen molar-refractivity contribution in [2.75, 3.05) is 12.8 Å². The van der Waals surface area contributed by atoms with Crippen LogP contribution in [0.15, 0.2) is 0 Å². The van der Waals surface area contributed by atoms with Gasteiger partial charge in [0.05, 0.1) is 0 Å². The summed E-state index contributed by atoms with van der Waals surface area (Å²) in [5, 5.41) is 4.32. The van der Waals surface area contributed by atoms with Crippen molar-refractivity contribution in [1.82, 2.24) is 5.32 Å². The normalized spacial score (nSPS) is 16.5. The lowest BCUT2D eigenvalue weighted by Crippen LogP contribution is -2.32. The zero-order chi connectivity index (χ0) is 9.56. The molecule has 0 radical (unpaired) electrons. The van der Waals surface area contributed by atoms with Crippen LogP contribution in [0.1, 0.15) is 34.1 Å². The molecular weight excluding hydrogens is 166 g/mol. The van der Waals surface area contributed by atoms with Crippen molar-refractivity contribution in [3.8, 4) is 0 Å². The largest absolute Gasteiger partial charge is 0.314 e. The molecule has 0 aromatic heterocycles. The van der Waals surface area contributed by atoms with E-state index in [1.807, 2.05) is 11.8 Å². The van der Waals surface area contributed by atoms with Gasteiger partial charge in [-0.3, -0.25) is 0 Å². The number of hydrogen-bond donors (Lipinski definition) is 1. The van der Waals surface area contributed by atoms with Gasteiger partial charge in [0.1, 0.15) is 0 Å². The minimum atomic E-state index is 0.652. The number of rotatable bonds is 6. The topological polar surface area (TPSA) is 12.0 Å². The van der Waals surface area contributed by atoms with E-state index >= 15 is 0 Å². The molecule has 0 saturated carbocycles. The van der Waals surface area contributed by atoms with Gasteiger partial charge in [-0.25, -0.2) is 0 Å². The second kappa shape index (κ2) is 6.79. The van der Waals surface area contributed by atoms with Gasteiger partial charge >= 0.3 is 0 Å². The Hall–Kier alpha value is 0.310. The van der Waals surface area contributed by atoms with E-state index in [-0.39, 0.29) is 0 Å². The van der Waals surface area contributed by atoms with Gasteiger partial charge < -0.3 is 5.32 Å². The fourth-order valence-electron chi connectivity index (χ4n) is 0.868. The number of hydrogen-bond acceptors (Lipinski definition) is 2. The van der Waals surface area contributed by atoms with Crippen molar-refractivity contribution < 1.29 is 0 Å². The average molecular weight is 189 g/mol. The van der Waals surface area contributed by atoms with E-state index in [1.165, 1.54) is 6.42 Å². The van der Waals surface area contributed by atoms with Gasteiger partial charge in [0, 0.05) is 11.3 Å². The van der Waals surface area contributed by atoms with Crippen molar-refractivity contribution in [2.24, 2.45) is 5.92 Å². The maximum Gasteiger partial charge on any atom is 0.00617 e. The first-order valence-electron chi connectivity index (χ1n) is 4.84. The summed E-state index contributed by atoms with van der Waals surface area (Å²) in [4.78, 5) is 0. The summed E-state index contributed by atoms with van der Waals surface area (Å²) in [7, 11) is 0. The second-order valence-corrected chi connectivity index (χ2v) is 5.10. The van der Waals surface area contributed by atoms with Gasteiger partial charge in [-0.1, -0.05) is 20.8 Å². The lowest BCUT2D eigenvalue weighted by molar-refractivity contribution is 0.424. The molecule has 0 fully saturated rings. The Morgan fingerprint density at radius 2 is 1.75 bits per heavy atom. The first kappa shape index (κ1) is 12.3. The molecule has 0 aliphatic heterocycles. The highest BCUT2D eigenvalue weighted by Gasteiger charge is 2.06. The Morgan fingerprint density at radius 1 is 1.17 bits per heavy atom. The van der Waals surface area contributed by atoms with Crippen LogP contribution in [0.5, 0.6) is 0 Å². The van der Waals surface area contributed by atoms with E-state index in [1.54, 1.807) is 0 Å². The van der Waals surface area contributed by atoms with Crippen molar-refractivity contribution in [3.63, 3.8) is 0 Å². The van der Waals surface area contributed by atoms with Gasteiger partial charge in [0.2, 0.25) is 0 Å². The Kier molecular flexibility index (Phi) is 6.96. The lowest BCUT2D eigenvalue weighted by Gasteiger charge is -2.18. The summed E-state index contributed by atoms with van der Waals surface area (Å²) in [6.07, 6.45) is 3.45. The quantitative estimate of drug-likeness (QED) is 0.689. The lowest BCUT2D eigenvalue weighted by atomic mass is 10.1. The number of nitrogens with one attached hydrogen (secondary N) is 1. The maximum absolute atomic E-state index is 3.53. The maximum atomic E-state index is 3.53. The Bertz CT molecular complexity index is 104. The summed E-state index contributed by atoms with van der Waals surface area (Å²) in [6, 6.07) is 0.652. The van der Waals surface area contributed by atoms with E-state index in [0.717, 1.165) is 17.7 Å². The van der Waals surface area contributed by atoms with Crippen molar-refractivity contribution >= 4 is 11.8 Å². The van der Waals surface area contributed by atoms with Crippen LogP contribution < -0.4 is 5.32 Å². The smallest absolute Gasteiger partial charge is 0.00617 e. The zero-order valence-electron chi connectivity index (χ0n) is 9.05. The van der Waals surface area contributed by atoms with Gasteiger partial charge in [-0.05, 0) is 32.1 Å². The first-order valence-corrected chi connectivity index (χ1v) is 6.13. The van der Waals surface area contributed by atoms with Crippen LogP contribution >= 0.6 is 11.8 Å². The van der Waals surface area contributed by atoms with Crippen molar-refractivity contribution in [3.05, 3.63) is 0 Å². The molecule has 0 heterocycles. The van der Waals surface area contributed by atoms with E-state index in [0.29, 0.717) is 6.04 Å². The van der Waals surface area contributed by atoms with E-state index in [9.17, 15) is 0 Å². The summed E-state index contributed by atoms with van der Waals surface area (Å²) >= 11 is 1.94. The van der Waals surface area contributed by atoms with E-state index in [4.69, 9.17) is 0 Å². The molecule has 12 heavy (non-hydrogen) atoms. The molecule has 2 atom stereocenters. The number of thioether (sulfide) groups is 1. The molecule has 0 aliphatic rings. The van der Waals surface area contributed by atoms with Crippen LogP contribution in [0.3, 0.4) is 0 Å². The third-order valence-electron chi connectivity index (χ3n) is 2.42. The van der Waals surface area contributed by atoms with Crippen LogP contribution in [0.2, 0.25) is 0 Å². The average Bonchev–Trinajstić information content (AvgIpc) is 2.03. The van der Waals surface area contributed by atoms with Crippen molar-refractivity contribution in [2.45, 2.75) is 45.4 Å². The van der Waals surface area contributed by atoms with Crippen LogP contribution in [-0.4, -0.2) is 24.1 Å². The van der Waals surface area contributed by atoms with Crippen LogP contribution in [0, 0.1) is 5.92 Å². The van der Waals surface area contributed by atoms with E-state index < -0.39 is 0 Å². The SMILES string of the molecule is CSC(C)CCNC(C)C(C)C. The van der Waals surface area contributed by atoms with Crippen LogP contribution in [0.25, 0.3) is 0 Å². The van der Waals surface area contributed by atoms with Crippen LogP contribution in [0.4, 0.5) is 0 Å². The molecule has 0 rings (SSSR count). The molecule has 1 nitrogen and oxygen atoms in total. The minimum absolute atomic E-state index is 0.652. The van der Waals surface area contributed by atoms with Crippen molar-refractivity contribution in [1.29, 1.82) is 0 Å². The summed E-state index contributed by atoms with van der Waals surface area (Å²) < 4.78 is 0. The van der Waals surface area contributed by atoms with Gasteiger partial charge in [0.25, 0.3) is 0 Å². The molecule has 2 unspecified atom stereocenters. The molecule has 0 aromatic carbocycles. The first-order chi connectivity index (χ1) is 5.57. The molecule has 2 heteroatoms. The second-order valence-electron chi connectivity index (χ2n) is 3.82. The molecule has 0 bridgehead atoms. The molecule has 0 amide bonds. The molecule has 0 saturated heterocycles. The third-order valence-corrected chi connectivity index (χ3v) is 3.46. The van der Waals surface area contributed by atoms with Crippen LogP contribution in [-0.2, 0) is 0 Å². The van der Waals surface area contributed by atoms with Gasteiger partial charge in [-0.2, -0.15) is 11.8 Å². The molecule has 0 aliphatic carbocycles. The standard InChI is InChI=1S/C10H23NS/c1-8(2)10(4)11-7-6-9(3)12-5/h8-11H,6-7H2,1-5H3. The minimum Gasteiger partial charge on any atom is -0.314 e. The monoisotopic (exact) mass is 189 g/mol. The Morgan fingerprint density at radius 3 is 2.17 bits per heavy atom. The fraction of sp³-hybridized carbons (Fsp3) is 1.00. The van der Waals surface area contributed by atoms with Gasteiger partial charge in [0.15, 0.2) is 0 Å². The summed E-state index contributed by atoms with van der Waals surface area (Å²) in [5.41, 5.74) is 0. The van der Waals surface area contributed by atoms with Gasteiger partial charge in [-0.15, -0.1) is 0 Å². The Balaban J connectivity index is 3.30. The zero-order valence-corrected chi connectivity index (χ0v) is 9.87. The predicted octanol–water partition coefficient (Wildman–Crippen LogP) is 2.76. The molecular formula is C10H23NS. The highest BCUT2D eigenvalue weighted by atomic mass is 32.2. The molecule has 1 N–H and O–H groups in total. The highest BCUT2D eigenvalue weighted by Crippen LogP contribution is 2.08. The molecule has 74 valence electrons.